The molecule has 0 amide bonds. The summed E-state index contributed by atoms with van der Waals surface area (Å²) in [5.74, 6) is 1.73. The van der Waals surface area contributed by atoms with Gasteiger partial charge in [0, 0.05) is 18.2 Å². The molecule has 2 aromatic heterocycles. The van der Waals surface area contributed by atoms with Gasteiger partial charge in [-0.3, -0.25) is 0 Å². The highest BCUT2D eigenvalue weighted by Gasteiger charge is 2.20. The van der Waals surface area contributed by atoms with E-state index in [0.717, 1.165) is 18.1 Å². The highest BCUT2D eigenvalue weighted by Crippen LogP contribution is 2.20. The van der Waals surface area contributed by atoms with E-state index >= 15 is 0 Å². The van der Waals surface area contributed by atoms with Crippen LogP contribution < -0.4 is 5.32 Å². The second-order valence-corrected chi connectivity index (χ2v) is 4.60. The molecule has 0 aliphatic heterocycles. The molecule has 2 aromatic rings. The van der Waals surface area contributed by atoms with Gasteiger partial charge < -0.3 is 18.9 Å². The molecule has 0 aromatic carbocycles. The van der Waals surface area contributed by atoms with Crippen LogP contribution in [0.15, 0.2) is 39.6 Å². The molecule has 1 N–H and O–H groups in total. The molecule has 4 nitrogen and oxygen atoms in total. The van der Waals surface area contributed by atoms with Crippen molar-refractivity contribution in [2.45, 2.75) is 38.6 Å². The molecule has 4 heteroatoms. The molecular weight excluding hydrogens is 230 g/mol. The van der Waals surface area contributed by atoms with Gasteiger partial charge in [0.15, 0.2) is 0 Å². The summed E-state index contributed by atoms with van der Waals surface area (Å²) in [6.45, 7) is 1.82. The first kappa shape index (κ1) is 11.6. The fourth-order valence-electron chi connectivity index (χ4n) is 1.83. The SMILES string of the molecule is c1coc(COCc2occc2CNC2CC2)c1. The monoisotopic (exact) mass is 247 g/mol. The maximum Gasteiger partial charge on any atom is 0.133 e. The predicted octanol–water partition coefficient (Wildman–Crippen LogP) is 2.84. The van der Waals surface area contributed by atoms with Gasteiger partial charge >= 0.3 is 0 Å². The van der Waals surface area contributed by atoms with E-state index in [1.165, 1.54) is 18.4 Å². The van der Waals surface area contributed by atoms with Crippen LogP contribution in [0, 0.1) is 0 Å². The minimum Gasteiger partial charge on any atom is -0.467 e. The Kier molecular flexibility index (Phi) is 3.48. The van der Waals surface area contributed by atoms with E-state index in [2.05, 4.69) is 5.32 Å². The molecule has 2 heterocycles. The van der Waals surface area contributed by atoms with Crippen LogP contribution >= 0.6 is 0 Å². The van der Waals surface area contributed by atoms with Gasteiger partial charge in [0.25, 0.3) is 0 Å². The minimum atomic E-state index is 0.475. The molecule has 1 aliphatic carbocycles. The van der Waals surface area contributed by atoms with Crippen LogP contribution in [0.4, 0.5) is 0 Å². The van der Waals surface area contributed by atoms with Gasteiger partial charge in [-0.05, 0) is 31.0 Å². The van der Waals surface area contributed by atoms with Crippen LogP contribution in [-0.4, -0.2) is 6.04 Å². The second kappa shape index (κ2) is 5.42. The zero-order chi connectivity index (χ0) is 12.2. The zero-order valence-corrected chi connectivity index (χ0v) is 10.2. The van der Waals surface area contributed by atoms with Crippen molar-refractivity contribution in [3.63, 3.8) is 0 Å². The first-order valence-corrected chi connectivity index (χ1v) is 6.30. The average molecular weight is 247 g/mol. The Bertz CT molecular complexity index is 471. The van der Waals surface area contributed by atoms with Crippen molar-refractivity contribution < 1.29 is 13.6 Å². The fraction of sp³-hybridized carbons (Fsp3) is 0.429. The Balaban J connectivity index is 1.47. The molecule has 1 aliphatic rings. The predicted molar refractivity (Wildman–Crippen MR) is 65.8 cm³/mol. The highest BCUT2D eigenvalue weighted by molar-refractivity contribution is 5.16. The molecule has 1 saturated carbocycles. The van der Waals surface area contributed by atoms with Gasteiger partial charge in [-0.2, -0.15) is 0 Å². The van der Waals surface area contributed by atoms with Gasteiger partial charge in [0.05, 0.1) is 12.5 Å². The van der Waals surface area contributed by atoms with Gasteiger partial charge in [-0.15, -0.1) is 0 Å². The molecule has 18 heavy (non-hydrogen) atoms. The Labute approximate surface area is 106 Å². The van der Waals surface area contributed by atoms with Crippen molar-refractivity contribution >= 4 is 0 Å². The van der Waals surface area contributed by atoms with Crippen LogP contribution in [0.2, 0.25) is 0 Å². The van der Waals surface area contributed by atoms with E-state index in [4.69, 9.17) is 13.6 Å². The third-order valence-electron chi connectivity index (χ3n) is 3.05. The summed E-state index contributed by atoms with van der Waals surface area (Å²) in [7, 11) is 0. The smallest absolute Gasteiger partial charge is 0.133 e. The van der Waals surface area contributed by atoms with Crippen LogP contribution in [0.25, 0.3) is 0 Å². The molecule has 0 spiro atoms. The van der Waals surface area contributed by atoms with E-state index in [1.54, 1.807) is 12.5 Å². The highest BCUT2D eigenvalue weighted by atomic mass is 16.5. The number of hydrogen-bond donors (Lipinski definition) is 1. The molecular formula is C14H17NO3. The summed E-state index contributed by atoms with van der Waals surface area (Å²) < 4.78 is 16.2. The van der Waals surface area contributed by atoms with E-state index in [1.807, 2.05) is 18.2 Å². The number of hydrogen-bond acceptors (Lipinski definition) is 4. The fourth-order valence-corrected chi connectivity index (χ4v) is 1.83. The van der Waals surface area contributed by atoms with E-state index in [9.17, 15) is 0 Å². The van der Waals surface area contributed by atoms with E-state index < -0.39 is 0 Å². The summed E-state index contributed by atoms with van der Waals surface area (Å²) in [5, 5.41) is 3.47. The number of ether oxygens (including phenoxy) is 1. The first-order valence-electron chi connectivity index (χ1n) is 6.30. The number of nitrogens with one attached hydrogen (secondary N) is 1. The maximum atomic E-state index is 5.57. The summed E-state index contributed by atoms with van der Waals surface area (Å²) in [4.78, 5) is 0. The second-order valence-electron chi connectivity index (χ2n) is 4.60. The van der Waals surface area contributed by atoms with Crippen molar-refractivity contribution in [2.75, 3.05) is 0 Å². The van der Waals surface area contributed by atoms with Gasteiger partial charge in [0.1, 0.15) is 24.7 Å². The Hall–Kier alpha value is -1.52. The molecule has 0 unspecified atom stereocenters. The maximum absolute atomic E-state index is 5.57. The van der Waals surface area contributed by atoms with Crippen LogP contribution in [0.1, 0.15) is 29.9 Å². The lowest BCUT2D eigenvalue weighted by molar-refractivity contribution is 0.0796. The van der Waals surface area contributed by atoms with E-state index in [-0.39, 0.29) is 0 Å². The quantitative estimate of drug-likeness (QED) is 0.817. The molecule has 1 fully saturated rings. The van der Waals surface area contributed by atoms with Crippen molar-refractivity contribution in [1.82, 2.24) is 5.32 Å². The van der Waals surface area contributed by atoms with Crippen LogP contribution in [-0.2, 0) is 24.5 Å². The minimum absolute atomic E-state index is 0.475. The average Bonchev–Trinajstić information content (AvgIpc) is 2.89. The van der Waals surface area contributed by atoms with Crippen LogP contribution in [0.3, 0.4) is 0 Å². The Morgan fingerprint density at radius 1 is 1.17 bits per heavy atom. The Morgan fingerprint density at radius 2 is 2.11 bits per heavy atom. The summed E-state index contributed by atoms with van der Waals surface area (Å²) in [6, 6.07) is 6.46. The molecule has 0 saturated heterocycles. The van der Waals surface area contributed by atoms with Crippen molar-refractivity contribution in [2.24, 2.45) is 0 Å². The van der Waals surface area contributed by atoms with Crippen molar-refractivity contribution in [1.29, 1.82) is 0 Å². The third kappa shape index (κ3) is 3.03. The normalized spacial score (nSPS) is 15.1. The first-order chi connectivity index (χ1) is 8.92. The standard InChI is InChI=1S/C14H17NO3/c1-2-13(17-6-1)9-16-10-14-11(5-7-18-14)8-15-12-3-4-12/h1-2,5-7,12,15H,3-4,8-10H2. The Morgan fingerprint density at radius 3 is 2.89 bits per heavy atom. The number of furan rings is 2. The summed E-state index contributed by atoms with van der Waals surface area (Å²) >= 11 is 0. The van der Waals surface area contributed by atoms with Crippen LogP contribution in [0.5, 0.6) is 0 Å². The lowest BCUT2D eigenvalue weighted by Crippen LogP contribution is -2.15. The van der Waals surface area contributed by atoms with E-state index in [0.29, 0.717) is 19.3 Å². The van der Waals surface area contributed by atoms with Gasteiger partial charge in [-0.1, -0.05) is 0 Å². The van der Waals surface area contributed by atoms with Crippen molar-refractivity contribution in [3.05, 3.63) is 47.8 Å². The lowest BCUT2D eigenvalue weighted by atomic mass is 10.2. The topological polar surface area (TPSA) is 47.5 Å². The molecule has 3 rings (SSSR count). The number of rotatable bonds is 7. The van der Waals surface area contributed by atoms with Gasteiger partial charge in [-0.25, -0.2) is 0 Å². The molecule has 0 radical (unpaired) electrons. The van der Waals surface area contributed by atoms with Gasteiger partial charge in [0.2, 0.25) is 0 Å². The zero-order valence-electron chi connectivity index (χ0n) is 10.2. The summed E-state index contributed by atoms with van der Waals surface area (Å²) in [6.07, 6.45) is 5.95. The molecule has 0 bridgehead atoms. The lowest BCUT2D eigenvalue weighted by Gasteiger charge is -2.04. The summed E-state index contributed by atoms with van der Waals surface area (Å²) in [5.41, 5.74) is 1.18. The largest absolute Gasteiger partial charge is 0.467 e. The third-order valence-corrected chi connectivity index (χ3v) is 3.05. The molecule has 0 atom stereocenters. The molecule has 96 valence electrons. The van der Waals surface area contributed by atoms with Crippen molar-refractivity contribution in [3.8, 4) is 0 Å².